The zero-order valence-electron chi connectivity index (χ0n) is 10.5. The van der Waals surface area contributed by atoms with E-state index in [2.05, 4.69) is 25.2 Å². The Morgan fingerprint density at radius 3 is 2.75 bits per heavy atom. The van der Waals surface area contributed by atoms with Crippen LogP contribution >= 0.6 is 0 Å². The molecular weight excluding hydrogens is 202 g/mol. The van der Waals surface area contributed by atoms with Crippen LogP contribution < -0.4 is 10.1 Å². The minimum absolute atomic E-state index is 0.275. The highest BCUT2D eigenvalue weighted by atomic mass is 16.5. The van der Waals surface area contributed by atoms with E-state index in [1.165, 1.54) is 5.56 Å². The van der Waals surface area contributed by atoms with Crippen LogP contribution in [-0.2, 0) is 4.74 Å². The van der Waals surface area contributed by atoms with Gasteiger partial charge in [-0.05, 0) is 38.5 Å². The van der Waals surface area contributed by atoms with Crippen molar-refractivity contribution in [3.05, 3.63) is 23.8 Å². The first-order valence-electron chi connectivity index (χ1n) is 5.66. The molecule has 1 aromatic rings. The Hall–Kier alpha value is -1.22. The van der Waals surface area contributed by atoms with Crippen molar-refractivity contribution in [3.8, 4) is 5.75 Å². The maximum Gasteiger partial charge on any atom is 0.142 e. The standard InChI is InChI=1S/C13H21NO2/c1-5-16-9-11(3)14-12-7-6-10(2)8-13(12)15-4/h6-8,11,14H,5,9H2,1-4H3. The minimum atomic E-state index is 0.275. The van der Waals surface area contributed by atoms with E-state index >= 15 is 0 Å². The molecule has 0 aromatic heterocycles. The van der Waals surface area contributed by atoms with E-state index in [1.54, 1.807) is 7.11 Å². The van der Waals surface area contributed by atoms with Crippen LogP contribution in [0.15, 0.2) is 18.2 Å². The van der Waals surface area contributed by atoms with Crippen LogP contribution in [0.3, 0.4) is 0 Å². The van der Waals surface area contributed by atoms with Crippen molar-refractivity contribution in [3.63, 3.8) is 0 Å². The van der Waals surface area contributed by atoms with Crippen LogP contribution in [0.4, 0.5) is 5.69 Å². The van der Waals surface area contributed by atoms with Crippen LogP contribution in [0.2, 0.25) is 0 Å². The second-order valence-corrected chi connectivity index (χ2v) is 3.91. The van der Waals surface area contributed by atoms with Gasteiger partial charge in [0.25, 0.3) is 0 Å². The molecule has 0 spiro atoms. The van der Waals surface area contributed by atoms with Gasteiger partial charge >= 0.3 is 0 Å². The van der Waals surface area contributed by atoms with E-state index in [-0.39, 0.29) is 6.04 Å². The van der Waals surface area contributed by atoms with Gasteiger partial charge < -0.3 is 14.8 Å². The lowest BCUT2D eigenvalue weighted by Gasteiger charge is -2.17. The van der Waals surface area contributed by atoms with Gasteiger partial charge in [0.2, 0.25) is 0 Å². The number of ether oxygens (including phenoxy) is 2. The average molecular weight is 223 g/mol. The maximum atomic E-state index is 5.36. The largest absolute Gasteiger partial charge is 0.495 e. The molecule has 0 aliphatic heterocycles. The van der Waals surface area contributed by atoms with Gasteiger partial charge in [-0.2, -0.15) is 0 Å². The summed E-state index contributed by atoms with van der Waals surface area (Å²) in [4.78, 5) is 0. The Morgan fingerprint density at radius 1 is 1.38 bits per heavy atom. The maximum absolute atomic E-state index is 5.36. The molecular formula is C13H21NO2. The molecule has 0 fully saturated rings. The topological polar surface area (TPSA) is 30.5 Å². The minimum Gasteiger partial charge on any atom is -0.495 e. The summed E-state index contributed by atoms with van der Waals surface area (Å²) in [6.45, 7) is 7.59. The molecule has 0 bridgehead atoms. The van der Waals surface area contributed by atoms with Crippen molar-refractivity contribution < 1.29 is 9.47 Å². The highest BCUT2D eigenvalue weighted by Gasteiger charge is 2.06. The van der Waals surface area contributed by atoms with Gasteiger partial charge in [0, 0.05) is 12.6 Å². The molecule has 1 atom stereocenters. The number of benzene rings is 1. The van der Waals surface area contributed by atoms with E-state index in [4.69, 9.17) is 9.47 Å². The third-order valence-electron chi connectivity index (χ3n) is 2.33. The SMILES string of the molecule is CCOCC(C)Nc1ccc(C)cc1OC. The van der Waals surface area contributed by atoms with Gasteiger partial charge in [-0.3, -0.25) is 0 Å². The monoisotopic (exact) mass is 223 g/mol. The molecule has 90 valence electrons. The molecule has 1 aromatic carbocycles. The van der Waals surface area contributed by atoms with Gasteiger partial charge in [0.1, 0.15) is 5.75 Å². The first-order chi connectivity index (χ1) is 7.67. The van der Waals surface area contributed by atoms with Crippen molar-refractivity contribution in [2.45, 2.75) is 26.8 Å². The van der Waals surface area contributed by atoms with Gasteiger partial charge in [-0.1, -0.05) is 6.07 Å². The predicted molar refractivity (Wildman–Crippen MR) is 67.3 cm³/mol. The third kappa shape index (κ3) is 3.74. The van der Waals surface area contributed by atoms with Gasteiger partial charge in [-0.25, -0.2) is 0 Å². The normalized spacial score (nSPS) is 12.2. The first kappa shape index (κ1) is 12.8. The summed E-state index contributed by atoms with van der Waals surface area (Å²) in [5.74, 6) is 0.878. The Bertz CT molecular complexity index is 326. The predicted octanol–water partition coefficient (Wildman–Crippen LogP) is 2.84. The Labute approximate surface area is 97.8 Å². The molecule has 3 nitrogen and oxygen atoms in total. The number of rotatable bonds is 6. The molecule has 16 heavy (non-hydrogen) atoms. The summed E-state index contributed by atoms with van der Waals surface area (Å²) in [5.41, 5.74) is 2.21. The van der Waals surface area contributed by atoms with E-state index < -0.39 is 0 Å². The van der Waals surface area contributed by atoms with Crippen molar-refractivity contribution in [1.82, 2.24) is 0 Å². The van der Waals surface area contributed by atoms with Crippen LogP contribution in [0.25, 0.3) is 0 Å². The second kappa shape index (κ2) is 6.38. The number of methoxy groups -OCH3 is 1. The number of aryl methyl sites for hydroxylation is 1. The van der Waals surface area contributed by atoms with E-state index in [0.717, 1.165) is 18.0 Å². The smallest absolute Gasteiger partial charge is 0.142 e. The third-order valence-corrected chi connectivity index (χ3v) is 2.33. The summed E-state index contributed by atoms with van der Waals surface area (Å²) in [5, 5.41) is 3.37. The molecule has 0 saturated heterocycles. The molecule has 0 aliphatic carbocycles. The van der Waals surface area contributed by atoms with Crippen LogP contribution in [0, 0.1) is 6.92 Å². The van der Waals surface area contributed by atoms with Crippen LogP contribution in [0.1, 0.15) is 19.4 Å². The van der Waals surface area contributed by atoms with E-state index in [0.29, 0.717) is 6.61 Å². The highest BCUT2D eigenvalue weighted by Crippen LogP contribution is 2.25. The van der Waals surface area contributed by atoms with E-state index in [1.807, 2.05) is 19.1 Å². The fourth-order valence-electron chi connectivity index (χ4n) is 1.52. The summed E-state index contributed by atoms with van der Waals surface area (Å²) in [6.07, 6.45) is 0. The van der Waals surface area contributed by atoms with Crippen LogP contribution in [0.5, 0.6) is 5.75 Å². The Balaban J connectivity index is 2.65. The zero-order valence-corrected chi connectivity index (χ0v) is 10.5. The number of hydrogen-bond acceptors (Lipinski definition) is 3. The van der Waals surface area contributed by atoms with E-state index in [9.17, 15) is 0 Å². The molecule has 0 amide bonds. The zero-order chi connectivity index (χ0) is 12.0. The number of anilines is 1. The number of nitrogens with one attached hydrogen (secondary N) is 1. The average Bonchev–Trinajstić information content (AvgIpc) is 2.28. The van der Waals surface area contributed by atoms with Crippen molar-refractivity contribution in [2.75, 3.05) is 25.6 Å². The van der Waals surface area contributed by atoms with Gasteiger partial charge in [0.15, 0.2) is 0 Å². The summed E-state index contributed by atoms with van der Waals surface area (Å²) < 4.78 is 10.7. The fourth-order valence-corrected chi connectivity index (χ4v) is 1.52. The lowest BCUT2D eigenvalue weighted by atomic mass is 10.2. The summed E-state index contributed by atoms with van der Waals surface area (Å²) in [7, 11) is 1.69. The molecule has 0 radical (unpaired) electrons. The summed E-state index contributed by atoms with van der Waals surface area (Å²) in [6, 6.07) is 6.40. The van der Waals surface area contributed by atoms with Crippen LogP contribution in [-0.4, -0.2) is 26.4 Å². The van der Waals surface area contributed by atoms with Gasteiger partial charge in [0.05, 0.1) is 19.4 Å². The lowest BCUT2D eigenvalue weighted by Crippen LogP contribution is -2.22. The van der Waals surface area contributed by atoms with Crippen molar-refractivity contribution in [2.24, 2.45) is 0 Å². The molecule has 0 aliphatic rings. The number of hydrogen-bond donors (Lipinski definition) is 1. The highest BCUT2D eigenvalue weighted by molar-refractivity contribution is 5.58. The Kier molecular flexibility index (Phi) is 5.12. The second-order valence-electron chi connectivity index (χ2n) is 3.91. The molecule has 1 unspecified atom stereocenters. The van der Waals surface area contributed by atoms with Crippen molar-refractivity contribution >= 4 is 5.69 Å². The molecule has 0 saturated carbocycles. The molecule has 3 heteroatoms. The van der Waals surface area contributed by atoms with Gasteiger partial charge in [-0.15, -0.1) is 0 Å². The lowest BCUT2D eigenvalue weighted by molar-refractivity contribution is 0.141. The van der Waals surface area contributed by atoms with Crippen molar-refractivity contribution in [1.29, 1.82) is 0 Å². The Morgan fingerprint density at radius 2 is 2.12 bits per heavy atom. The fraction of sp³-hybridized carbons (Fsp3) is 0.538. The quantitative estimate of drug-likeness (QED) is 0.804. The molecule has 1 N–H and O–H groups in total. The molecule has 1 rings (SSSR count). The summed E-state index contributed by atoms with van der Waals surface area (Å²) >= 11 is 0. The molecule has 0 heterocycles. The first-order valence-corrected chi connectivity index (χ1v) is 5.66.